The van der Waals surface area contributed by atoms with E-state index in [1.165, 1.54) is 52.7 Å². The summed E-state index contributed by atoms with van der Waals surface area (Å²) in [6, 6.07) is 10.4. The van der Waals surface area contributed by atoms with Gasteiger partial charge in [0.25, 0.3) is 5.91 Å². The molecule has 0 radical (unpaired) electrons. The Bertz CT molecular complexity index is 971. The number of benzene rings is 2. The van der Waals surface area contributed by atoms with E-state index in [1.54, 1.807) is 13.8 Å². The van der Waals surface area contributed by atoms with Crippen molar-refractivity contribution >= 4 is 15.9 Å². The Kier molecular flexibility index (Phi) is 7.07. The molecule has 2 aromatic rings. The van der Waals surface area contributed by atoms with Gasteiger partial charge in [-0.1, -0.05) is 32.0 Å². The summed E-state index contributed by atoms with van der Waals surface area (Å²) in [5.74, 6) is -0.487. The summed E-state index contributed by atoms with van der Waals surface area (Å²) in [5, 5.41) is 0. The van der Waals surface area contributed by atoms with Crippen molar-refractivity contribution in [2.75, 3.05) is 20.1 Å². The Hall–Kier alpha value is -2.39. The SMILES string of the molecule is CCN(CC)S(=O)(=O)c1cccc(C(=O)N(C)Cc2cccc(C(F)(F)F)c2)c1. The van der Waals surface area contributed by atoms with Gasteiger partial charge < -0.3 is 4.90 Å². The molecular formula is C20H23F3N2O3S. The van der Waals surface area contributed by atoms with E-state index < -0.39 is 27.7 Å². The lowest BCUT2D eigenvalue weighted by Gasteiger charge is -2.20. The lowest BCUT2D eigenvalue weighted by atomic mass is 10.1. The third-order valence-corrected chi connectivity index (χ3v) is 6.49. The van der Waals surface area contributed by atoms with Crippen molar-refractivity contribution in [3.63, 3.8) is 0 Å². The van der Waals surface area contributed by atoms with Crippen molar-refractivity contribution in [3.05, 3.63) is 65.2 Å². The van der Waals surface area contributed by atoms with Crippen LogP contribution in [0.25, 0.3) is 0 Å². The zero-order valence-electron chi connectivity index (χ0n) is 16.4. The van der Waals surface area contributed by atoms with Gasteiger partial charge in [0.2, 0.25) is 10.0 Å². The third kappa shape index (κ3) is 5.36. The first-order chi connectivity index (χ1) is 13.5. The molecule has 0 N–H and O–H groups in total. The smallest absolute Gasteiger partial charge is 0.337 e. The zero-order chi connectivity index (χ0) is 21.8. The van der Waals surface area contributed by atoms with Gasteiger partial charge in [-0.2, -0.15) is 17.5 Å². The number of alkyl halides is 3. The Morgan fingerprint density at radius 1 is 1.00 bits per heavy atom. The number of halogens is 3. The van der Waals surface area contributed by atoms with Crippen LogP contribution in [0.4, 0.5) is 13.2 Å². The largest absolute Gasteiger partial charge is 0.416 e. The lowest BCUT2D eigenvalue weighted by molar-refractivity contribution is -0.137. The molecule has 158 valence electrons. The van der Waals surface area contributed by atoms with Crippen LogP contribution in [0.1, 0.15) is 35.3 Å². The number of rotatable bonds is 7. The number of hydrogen-bond donors (Lipinski definition) is 0. The molecule has 1 amide bonds. The van der Waals surface area contributed by atoms with Crippen LogP contribution in [0.3, 0.4) is 0 Å². The summed E-state index contributed by atoms with van der Waals surface area (Å²) >= 11 is 0. The topological polar surface area (TPSA) is 57.7 Å². The fraction of sp³-hybridized carbons (Fsp3) is 0.350. The van der Waals surface area contributed by atoms with Crippen molar-refractivity contribution in [1.82, 2.24) is 9.21 Å². The molecule has 0 heterocycles. The molecule has 2 aromatic carbocycles. The summed E-state index contributed by atoms with van der Waals surface area (Å²) in [6.45, 7) is 3.99. The van der Waals surface area contributed by atoms with Crippen LogP contribution in [0.5, 0.6) is 0 Å². The maximum Gasteiger partial charge on any atom is 0.416 e. The van der Waals surface area contributed by atoms with Crippen molar-refractivity contribution in [2.24, 2.45) is 0 Å². The Morgan fingerprint density at radius 2 is 1.62 bits per heavy atom. The molecule has 9 heteroatoms. The van der Waals surface area contributed by atoms with Crippen molar-refractivity contribution in [1.29, 1.82) is 0 Å². The highest BCUT2D eigenvalue weighted by Gasteiger charge is 2.30. The quantitative estimate of drug-likeness (QED) is 0.670. The number of carbonyl (C=O) groups is 1. The first kappa shape index (κ1) is 22.9. The van der Waals surface area contributed by atoms with E-state index in [0.717, 1.165) is 12.1 Å². The number of hydrogen-bond acceptors (Lipinski definition) is 3. The summed E-state index contributed by atoms with van der Waals surface area (Å²) in [6.07, 6.45) is -4.47. The summed E-state index contributed by atoms with van der Waals surface area (Å²) in [5.41, 5.74) is -0.321. The number of nitrogens with zero attached hydrogens (tertiary/aromatic N) is 2. The highest BCUT2D eigenvalue weighted by Crippen LogP contribution is 2.29. The summed E-state index contributed by atoms with van der Waals surface area (Å²) in [4.78, 5) is 14.0. The standard InChI is InChI=1S/C20H23F3N2O3S/c1-4-25(5-2)29(27,28)18-11-7-9-16(13-18)19(26)24(3)14-15-8-6-10-17(12-15)20(21,22)23/h6-13H,4-5,14H2,1-3H3. The van der Waals surface area contributed by atoms with Gasteiger partial charge in [-0.15, -0.1) is 0 Å². The second-order valence-corrected chi connectivity index (χ2v) is 8.41. The minimum atomic E-state index is -4.47. The maximum absolute atomic E-state index is 12.9. The highest BCUT2D eigenvalue weighted by atomic mass is 32.2. The normalized spacial score (nSPS) is 12.2. The summed E-state index contributed by atoms with van der Waals surface area (Å²) in [7, 11) is -2.27. The molecule has 0 spiro atoms. The van der Waals surface area contributed by atoms with Crippen LogP contribution >= 0.6 is 0 Å². The van der Waals surface area contributed by atoms with Gasteiger partial charge in [0.15, 0.2) is 0 Å². The molecule has 0 aliphatic rings. The molecule has 0 saturated heterocycles. The third-order valence-electron chi connectivity index (χ3n) is 4.44. The molecule has 0 aromatic heterocycles. The van der Waals surface area contributed by atoms with Gasteiger partial charge in [-0.05, 0) is 35.9 Å². The van der Waals surface area contributed by atoms with Crippen molar-refractivity contribution < 1.29 is 26.4 Å². The molecule has 5 nitrogen and oxygen atoms in total. The second kappa shape index (κ2) is 8.96. The fourth-order valence-corrected chi connectivity index (χ4v) is 4.42. The highest BCUT2D eigenvalue weighted by molar-refractivity contribution is 7.89. The molecule has 0 bridgehead atoms. The Balaban J connectivity index is 2.25. The van der Waals surface area contributed by atoms with E-state index in [9.17, 15) is 26.4 Å². The van der Waals surface area contributed by atoms with Gasteiger partial charge in [0.05, 0.1) is 10.5 Å². The molecule has 0 fully saturated rings. The van der Waals surface area contributed by atoms with Crippen LogP contribution in [0, 0.1) is 0 Å². The van der Waals surface area contributed by atoms with Gasteiger partial charge >= 0.3 is 6.18 Å². The van der Waals surface area contributed by atoms with Crippen LogP contribution in [0.2, 0.25) is 0 Å². The van der Waals surface area contributed by atoms with E-state index in [2.05, 4.69) is 0 Å². The monoisotopic (exact) mass is 428 g/mol. The predicted octanol–water partition coefficient (Wildman–Crippen LogP) is 4.01. The lowest BCUT2D eigenvalue weighted by Crippen LogP contribution is -2.31. The minimum absolute atomic E-state index is 0.000446. The van der Waals surface area contributed by atoms with Gasteiger partial charge in [0, 0.05) is 32.2 Å². The Labute approximate surface area is 168 Å². The minimum Gasteiger partial charge on any atom is -0.337 e. The maximum atomic E-state index is 12.9. The predicted molar refractivity (Wildman–Crippen MR) is 104 cm³/mol. The van der Waals surface area contributed by atoms with Crippen LogP contribution in [-0.4, -0.2) is 43.7 Å². The average molecular weight is 428 g/mol. The number of sulfonamides is 1. The van der Waals surface area contributed by atoms with Gasteiger partial charge in [0.1, 0.15) is 0 Å². The Morgan fingerprint density at radius 3 is 2.21 bits per heavy atom. The number of amides is 1. The second-order valence-electron chi connectivity index (χ2n) is 6.48. The molecule has 0 unspecified atom stereocenters. The average Bonchev–Trinajstić information content (AvgIpc) is 2.67. The first-order valence-electron chi connectivity index (χ1n) is 9.02. The van der Waals surface area contributed by atoms with E-state index in [0.29, 0.717) is 18.7 Å². The van der Waals surface area contributed by atoms with Crippen LogP contribution < -0.4 is 0 Å². The molecule has 0 aliphatic carbocycles. The van der Waals surface area contributed by atoms with Crippen molar-refractivity contribution in [2.45, 2.75) is 31.5 Å². The molecular weight excluding hydrogens is 405 g/mol. The van der Waals surface area contributed by atoms with Gasteiger partial charge in [-0.25, -0.2) is 8.42 Å². The molecule has 0 aliphatic heterocycles. The molecule has 0 saturated carbocycles. The molecule has 2 rings (SSSR count). The molecule has 29 heavy (non-hydrogen) atoms. The van der Waals surface area contributed by atoms with Crippen molar-refractivity contribution in [3.8, 4) is 0 Å². The zero-order valence-corrected chi connectivity index (χ0v) is 17.2. The van der Waals surface area contributed by atoms with Crippen LogP contribution in [-0.2, 0) is 22.7 Å². The van der Waals surface area contributed by atoms with E-state index in [4.69, 9.17) is 0 Å². The van der Waals surface area contributed by atoms with E-state index in [-0.39, 0.29) is 17.0 Å². The number of carbonyl (C=O) groups excluding carboxylic acids is 1. The fourth-order valence-electron chi connectivity index (χ4n) is 2.91. The first-order valence-corrected chi connectivity index (χ1v) is 10.5. The summed E-state index contributed by atoms with van der Waals surface area (Å²) < 4.78 is 65.2. The van der Waals surface area contributed by atoms with E-state index >= 15 is 0 Å². The molecule has 0 atom stereocenters. The van der Waals surface area contributed by atoms with E-state index in [1.807, 2.05) is 0 Å². The van der Waals surface area contributed by atoms with Gasteiger partial charge in [-0.3, -0.25) is 4.79 Å². The van der Waals surface area contributed by atoms with Crippen LogP contribution in [0.15, 0.2) is 53.4 Å².